The minimum Gasteiger partial charge on any atom is -0.508 e. The second-order valence-electron chi connectivity index (χ2n) is 10.5. The number of nitrogens with zero attached hydrogens (tertiary/aromatic N) is 3. The van der Waals surface area contributed by atoms with Crippen molar-refractivity contribution in [2.24, 2.45) is 7.05 Å². The number of anilines is 1. The first-order chi connectivity index (χ1) is 20.4. The van der Waals surface area contributed by atoms with Crippen molar-refractivity contribution in [3.63, 3.8) is 0 Å². The van der Waals surface area contributed by atoms with Gasteiger partial charge in [0, 0.05) is 18.8 Å². The highest BCUT2D eigenvalue weighted by Crippen LogP contribution is 2.51. The van der Waals surface area contributed by atoms with Gasteiger partial charge in [0.1, 0.15) is 29.4 Å². The van der Waals surface area contributed by atoms with Gasteiger partial charge in [-0.3, -0.25) is 8.99 Å². The summed E-state index contributed by atoms with van der Waals surface area (Å²) in [6.07, 6.45) is -2.90. The average molecular weight is 612 g/mol. The molecular weight excluding hydrogens is 583 g/mol. The summed E-state index contributed by atoms with van der Waals surface area (Å²) >= 11 is 0. The van der Waals surface area contributed by atoms with Crippen LogP contribution in [0.1, 0.15) is 17.5 Å². The fraction of sp³-hybridized carbons (Fsp3) is 0.258. The molecule has 6 rings (SSSR count). The molecule has 0 radical (unpaired) electrons. The van der Waals surface area contributed by atoms with Crippen LogP contribution >= 0.6 is 0 Å². The van der Waals surface area contributed by atoms with E-state index >= 15 is 0 Å². The standard InChI is InChI=1S/C31H28F3N3O5S/c1-36-17-22(16-35-36)19-3-5-21(6-4-19)29-28(20-7-11-24(38)12-8-20)26-15-27(30(29)42-26)43(39,40)37(18-31(32,33)34)23-9-13-25(41-2)14-10-23/h3-14,16-17,26-27,30,38H,15,18H2,1-2H3. The predicted molar refractivity (Wildman–Crippen MR) is 156 cm³/mol. The molecule has 2 aliphatic rings. The van der Waals surface area contributed by atoms with E-state index < -0.39 is 40.2 Å². The summed E-state index contributed by atoms with van der Waals surface area (Å²) in [5.41, 5.74) is 4.43. The van der Waals surface area contributed by atoms with E-state index in [1.807, 2.05) is 37.5 Å². The summed E-state index contributed by atoms with van der Waals surface area (Å²) in [5.74, 6) is 0.452. The highest BCUT2D eigenvalue weighted by molar-refractivity contribution is 7.93. The number of rotatable bonds is 8. The number of ether oxygens (including phenoxy) is 2. The number of hydrogen-bond donors (Lipinski definition) is 1. The number of hydrogen-bond acceptors (Lipinski definition) is 6. The number of sulfonamides is 1. The molecule has 0 amide bonds. The topological polar surface area (TPSA) is 93.9 Å². The highest BCUT2D eigenvalue weighted by Gasteiger charge is 2.55. The van der Waals surface area contributed by atoms with Crippen molar-refractivity contribution in [2.75, 3.05) is 18.0 Å². The van der Waals surface area contributed by atoms with Crippen molar-refractivity contribution in [2.45, 2.75) is 30.1 Å². The van der Waals surface area contributed by atoms with Gasteiger partial charge < -0.3 is 14.6 Å². The Kier molecular flexibility index (Phi) is 7.21. The third kappa shape index (κ3) is 5.48. The predicted octanol–water partition coefficient (Wildman–Crippen LogP) is 5.65. The van der Waals surface area contributed by atoms with Gasteiger partial charge in [0.25, 0.3) is 0 Å². The quantitative estimate of drug-likeness (QED) is 0.277. The molecule has 1 aromatic heterocycles. The Balaban J connectivity index is 1.43. The third-order valence-electron chi connectivity index (χ3n) is 7.78. The lowest BCUT2D eigenvalue weighted by atomic mass is 9.83. The minimum absolute atomic E-state index is 0.0228. The van der Waals surface area contributed by atoms with E-state index in [9.17, 15) is 26.7 Å². The molecule has 4 aromatic rings. The van der Waals surface area contributed by atoms with Crippen molar-refractivity contribution in [1.29, 1.82) is 0 Å². The molecule has 1 saturated heterocycles. The number of aromatic hydroxyl groups is 1. The van der Waals surface area contributed by atoms with Crippen LogP contribution in [0.25, 0.3) is 22.3 Å². The lowest BCUT2D eigenvalue weighted by Crippen LogP contribution is -2.47. The molecule has 3 unspecified atom stereocenters. The number of aryl methyl sites for hydroxylation is 1. The molecule has 3 atom stereocenters. The molecule has 43 heavy (non-hydrogen) atoms. The van der Waals surface area contributed by atoms with E-state index in [1.54, 1.807) is 23.0 Å². The van der Waals surface area contributed by atoms with Crippen LogP contribution in [0, 0.1) is 0 Å². The van der Waals surface area contributed by atoms with Gasteiger partial charge in [-0.2, -0.15) is 18.3 Å². The van der Waals surface area contributed by atoms with Gasteiger partial charge in [-0.1, -0.05) is 36.4 Å². The maximum Gasteiger partial charge on any atom is 0.407 e. The summed E-state index contributed by atoms with van der Waals surface area (Å²) < 4.78 is 83.0. The second kappa shape index (κ2) is 10.8. The molecule has 12 heteroatoms. The summed E-state index contributed by atoms with van der Waals surface area (Å²) in [7, 11) is -1.35. The van der Waals surface area contributed by atoms with Gasteiger partial charge >= 0.3 is 6.18 Å². The van der Waals surface area contributed by atoms with Crippen molar-refractivity contribution in [3.05, 3.63) is 96.3 Å². The Morgan fingerprint density at radius 2 is 1.56 bits per heavy atom. The van der Waals surface area contributed by atoms with Gasteiger partial charge in [0.2, 0.25) is 10.0 Å². The van der Waals surface area contributed by atoms with Crippen LogP contribution in [0.2, 0.25) is 0 Å². The van der Waals surface area contributed by atoms with E-state index in [4.69, 9.17) is 9.47 Å². The molecule has 0 spiro atoms. The largest absolute Gasteiger partial charge is 0.508 e. The number of phenols is 1. The lowest BCUT2D eigenvalue weighted by molar-refractivity contribution is -0.117. The minimum atomic E-state index is -4.79. The van der Waals surface area contributed by atoms with Crippen LogP contribution < -0.4 is 9.04 Å². The molecular formula is C31H28F3N3O5S. The van der Waals surface area contributed by atoms with Crippen LogP contribution in [0.15, 0.2) is 85.2 Å². The number of benzene rings is 3. The Morgan fingerprint density at radius 1 is 0.953 bits per heavy atom. The zero-order valence-electron chi connectivity index (χ0n) is 23.2. The van der Waals surface area contributed by atoms with Crippen molar-refractivity contribution in [1.82, 2.24) is 9.78 Å². The Morgan fingerprint density at radius 3 is 2.14 bits per heavy atom. The second-order valence-corrected chi connectivity index (χ2v) is 12.6. The van der Waals surface area contributed by atoms with Crippen LogP contribution in [0.5, 0.6) is 11.5 Å². The van der Waals surface area contributed by atoms with Crippen molar-refractivity contribution in [3.8, 4) is 22.6 Å². The highest BCUT2D eigenvalue weighted by atomic mass is 32.2. The Bertz CT molecular complexity index is 1770. The summed E-state index contributed by atoms with van der Waals surface area (Å²) in [4.78, 5) is 0. The first-order valence-corrected chi connectivity index (χ1v) is 15.0. The maximum atomic E-state index is 14.1. The van der Waals surface area contributed by atoms with Gasteiger partial charge in [-0.25, -0.2) is 8.42 Å². The third-order valence-corrected chi connectivity index (χ3v) is 9.94. The zero-order chi connectivity index (χ0) is 30.5. The molecule has 8 nitrogen and oxygen atoms in total. The Labute approximate surface area is 246 Å². The Hall–Kier alpha value is -4.29. The molecule has 224 valence electrons. The summed E-state index contributed by atoms with van der Waals surface area (Å²) in [6, 6.07) is 19.4. The molecule has 0 aliphatic carbocycles. The van der Waals surface area contributed by atoms with Gasteiger partial charge in [0.05, 0.1) is 25.1 Å². The van der Waals surface area contributed by atoms with Gasteiger partial charge in [-0.05, 0) is 70.7 Å². The van der Waals surface area contributed by atoms with Crippen LogP contribution in [-0.4, -0.2) is 60.6 Å². The number of aromatic nitrogens is 2. The lowest BCUT2D eigenvalue weighted by Gasteiger charge is -2.32. The first-order valence-electron chi connectivity index (χ1n) is 13.5. The molecule has 2 aliphatic heterocycles. The number of halogens is 3. The molecule has 2 bridgehead atoms. The first kappa shape index (κ1) is 28.8. The fourth-order valence-electron chi connectivity index (χ4n) is 5.82. The van der Waals surface area contributed by atoms with E-state index in [0.29, 0.717) is 21.2 Å². The zero-order valence-corrected chi connectivity index (χ0v) is 24.0. The fourth-order valence-corrected chi connectivity index (χ4v) is 7.82. The van der Waals surface area contributed by atoms with E-state index in [2.05, 4.69) is 5.10 Å². The van der Waals surface area contributed by atoms with E-state index in [0.717, 1.165) is 22.3 Å². The van der Waals surface area contributed by atoms with E-state index in [1.165, 1.54) is 43.5 Å². The number of alkyl halides is 3. The van der Waals surface area contributed by atoms with Crippen molar-refractivity contribution >= 4 is 26.9 Å². The van der Waals surface area contributed by atoms with Crippen LogP contribution in [0.4, 0.5) is 18.9 Å². The molecule has 3 aromatic carbocycles. The van der Waals surface area contributed by atoms with Crippen molar-refractivity contribution < 1.29 is 36.2 Å². The summed E-state index contributed by atoms with van der Waals surface area (Å²) in [6.45, 7) is -1.68. The van der Waals surface area contributed by atoms with Gasteiger partial charge in [-0.15, -0.1) is 0 Å². The average Bonchev–Trinajstić information content (AvgIpc) is 3.71. The molecule has 1 fully saturated rings. The molecule has 1 N–H and O–H groups in total. The number of phenolic OH excluding ortho intramolecular Hbond substituents is 1. The smallest absolute Gasteiger partial charge is 0.407 e. The van der Waals surface area contributed by atoms with Gasteiger partial charge in [0.15, 0.2) is 0 Å². The van der Waals surface area contributed by atoms with Crippen LogP contribution in [-0.2, 0) is 21.8 Å². The normalized spacial score (nSPS) is 20.1. The monoisotopic (exact) mass is 611 g/mol. The number of fused-ring (bicyclic) bond motifs is 2. The molecule has 3 heterocycles. The summed E-state index contributed by atoms with van der Waals surface area (Å²) in [5, 5.41) is 12.8. The SMILES string of the molecule is COc1ccc(N(CC(F)(F)F)S(=O)(=O)C2CC3OC2C(c2ccc(-c4cnn(C)c4)cc2)=C3c2ccc(O)cc2)cc1. The van der Waals surface area contributed by atoms with E-state index in [-0.39, 0.29) is 17.9 Å². The number of methoxy groups -OCH3 is 1. The maximum absolute atomic E-state index is 14.1. The molecule has 0 saturated carbocycles. The van der Waals surface area contributed by atoms with Crippen LogP contribution in [0.3, 0.4) is 0 Å².